The van der Waals surface area contributed by atoms with Crippen LogP contribution in [0.25, 0.3) is 11.1 Å². The average Bonchev–Trinajstić information content (AvgIpc) is 2.41. The minimum Gasteiger partial charge on any atom is -0.390 e. The highest BCUT2D eigenvalue weighted by atomic mass is 35.5. The number of aromatic nitrogens is 1. The number of rotatable bonds is 2. The van der Waals surface area contributed by atoms with Gasteiger partial charge in [0.2, 0.25) is 0 Å². The van der Waals surface area contributed by atoms with Crippen LogP contribution in [0.15, 0.2) is 35.1 Å². The van der Waals surface area contributed by atoms with E-state index in [9.17, 15) is 9.90 Å². The highest BCUT2D eigenvalue weighted by molar-refractivity contribution is 6.30. The van der Waals surface area contributed by atoms with Gasteiger partial charge in [-0.25, -0.2) is 0 Å². The molecule has 0 spiro atoms. The van der Waals surface area contributed by atoms with Crippen molar-refractivity contribution in [2.24, 2.45) is 7.05 Å². The van der Waals surface area contributed by atoms with Gasteiger partial charge in [0, 0.05) is 17.6 Å². The first-order valence-corrected chi connectivity index (χ1v) is 5.96. The van der Waals surface area contributed by atoms with Crippen LogP contribution in [0.1, 0.15) is 11.3 Å². The molecule has 0 bridgehead atoms. The largest absolute Gasteiger partial charge is 0.390 e. The Balaban J connectivity index is 2.80. The zero-order chi connectivity index (χ0) is 14.0. The number of nitriles is 1. The lowest BCUT2D eigenvalue weighted by molar-refractivity contribution is 0.271. The molecule has 2 aromatic rings. The molecule has 0 aliphatic rings. The number of pyridine rings is 1. The van der Waals surface area contributed by atoms with E-state index in [1.807, 2.05) is 12.1 Å². The lowest BCUT2D eigenvalue weighted by atomic mass is 10.0. The smallest absolute Gasteiger partial charge is 0.268 e. The summed E-state index contributed by atoms with van der Waals surface area (Å²) < 4.78 is 1.29. The third kappa shape index (κ3) is 2.39. The summed E-state index contributed by atoms with van der Waals surface area (Å²) in [5, 5.41) is 19.0. The van der Waals surface area contributed by atoms with Crippen LogP contribution >= 0.6 is 11.6 Å². The summed E-state index contributed by atoms with van der Waals surface area (Å²) in [4.78, 5) is 11.8. The molecular formula is C14H11ClN2O2. The van der Waals surface area contributed by atoms with Gasteiger partial charge in [0.25, 0.3) is 5.56 Å². The van der Waals surface area contributed by atoms with Crippen molar-refractivity contribution in [2.45, 2.75) is 6.61 Å². The first kappa shape index (κ1) is 13.3. The van der Waals surface area contributed by atoms with Crippen LogP contribution in [-0.4, -0.2) is 9.67 Å². The Morgan fingerprint density at radius 1 is 1.42 bits per heavy atom. The van der Waals surface area contributed by atoms with Gasteiger partial charge in [-0.15, -0.1) is 0 Å². The molecule has 19 heavy (non-hydrogen) atoms. The fourth-order valence-electron chi connectivity index (χ4n) is 1.95. The van der Waals surface area contributed by atoms with Gasteiger partial charge in [-0.05, 0) is 23.8 Å². The maximum absolute atomic E-state index is 11.8. The summed E-state index contributed by atoms with van der Waals surface area (Å²) in [5.41, 5.74) is 1.45. The van der Waals surface area contributed by atoms with Crippen LogP contribution in [0.4, 0.5) is 0 Å². The van der Waals surface area contributed by atoms with Crippen molar-refractivity contribution in [3.63, 3.8) is 0 Å². The topological polar surface area (TPSA) is 66.0 Å². The predicted octanol–water partition coefficient (Wildman–Crippen LogP) is 2.07. The van der Waals surface area contributed by atoms with Crippen molar-refractivity contribution in [3.05, 3.63) is 57.0 Å². The van der Waals surface area contributed by atoms with Crippen LogP contribution in [-0.2, 0) is 13.7 Å². The van der Waals surface area contributed by atoms with Gasteiger partial charge in [0.15, 0.2) is 0 Å². The predicted molar refractivity (Wildman–Crippen MR) is 72.8 cm³/mol. The third-order valence-electron chi connectivity index (χ3n) is 2.95. The van der Waals surface area contributed by atoms with Gasteiger partial charge in [-0.2, -0.15) is 5.26 Å². The maximum atomic E-state index is 11.8. The molecule has 0 aliphatic carbocycles. The van der Waals surface area contributed by atoms with Crippen molar-refractivity contribution in [3.8, 4) is 17.2 Å². The normalized spacial score (nSPS) is 10.2. The van der Waals surface area contributed by atoms with Gasteiger partial charge < -0.3 is 9.67 Å². The highest BCUT2D eigenvalue weighted by Gasteiger charge is 2.13. The molecule has 96 valence electrons. The van der Waals surface area contributed by atoms with Crippen molar-refractivity contribution in [1.82, 2.24) is 4.57 Å². The van der Waals surface area contributed by atoms with Gasteiger partial charge >= 0.3 is 0 Å². The van der Waals surface area contributed by atoms with Crippen molar-refractivity contribution >= 4 is 11.6 Å². The van der Waals surface area contributed by atoms with E-state index in [1.165, 1.54) is 17.7 Å². The Labute approximate surface area is 115 Å². The molecule has 0 fully saturated rings. The van der Waals surface area contributed by atoms with Crippen molar-refractivity contribution < 1.29 is 5.11 Å². The molecule has 0 amide bonds. The van der Waals surface area contributed by atoms with Gasteiger partial charge in [0.05, 0.1) is 12.3 Å². The Morgan fingerprint density at radius 2 is 2.16 bits per heavy atom. The van der Waals surface area contributed by atoms with E-state index in [0.29, 0.717) is 16.3 Å². The molecule has 5 heteroatoms. The molecule has 0 aliphatic heterocycles. The molecular weight excluding hydrogens is 264 g/mol. The van der Waals surface area contributed by atoms with E-state index in [0.717, 1.165) is 5.56 Å². The summed E-state index contributed by atoms with van der Waals surface area (Å²) >= 11 is 5.94. The number of hydrogen-bond donors (Lipinski definition) is 1. The van der Waals surface area contributed by atoms with Crippen LogP contribution in [0.5, 0.6) is 0 Å². The van der Waals surface area contributed by atoms with Crippen LogP contribution in [0, 0.1) is 11.3 Å². The van der Waals surface area contributed by atoms with E-state index in [-0.39, 0.29) is 12.2 Å². The number of halogens is 1. The lowest BCUT2D eigenvalue weighted by Crippen LogP contribution is -2.23. The Bertz CT molecular complexity index is 729. The number of aliphatic hydroxyl groups is 1. The van der Waals surface area contributed by atoms with Crippen LogP contribution in [0.3, 0.4) is 0 Å². The molecule has 1 aromatic heterocycles. The van der Waals surface area contributed by atoms with Crippen LogP contribution < -0.4 is 5.56 Å². The first-order valence-electron chi connectivity index (χ1n) is 5.58. The first-order chi connectivity index (χ1) is 9.08. The Kier molecular flexibility index (Phi) is 3.70. The minimum atomic E-state index is -0.419. The maximum Gasteiger partial charge on any atom is 0.268 e. The Morgan fingerprint density at radius 3 is 2.74 bits per heavy atom. The second kappa shape index (κ2) is 5.27. The molecule has 1 N–H and O–H groups in total. The molecule has 0 unspecified atom stereocenters. The summed E-state index contributed by atoms with van der Waals surface area (Å²) in [6, 6.07) is 10.4. The van der Waals surface area contributed by atoms with Crippen molar-refractivity contribution in [1.29, 1.82) is 5.26 Å². The zero-order valence-corrected chi connectivity index (χ0v) is 11.0. The molecule has 4 nitrogen and oxygen atoms in total. The summed E-state index contributed by atoms with van der Waals surface area (Å²) in [5.74, 6) is 0. The van der Waals surface area contributed by atoms with Gasteiger partial charge in [0.1, 0.15) is 11.6 Å². The number of nitrogens with zero attached hydrogens (tertiary/aromatic N) is 2. The number of hydrogen-bond acceptors (Lipinski definition) is 3. The molecule has 0 radical (unpaired) electrons. The van der Waals surface area contributed by atoms with E-state index in [4.69, 9.17) is 16.9 Å². The fraction of sp³-hybridized carbons (Fsp3) is 0.143. The third-order valence-corrected chi connectivity index (χ3v) is 3.18. The summed E-state index contributed by atoms with van der Waals surface area (Å²) in [6.45, 7) is -0.292. The van der Waals surface area contributed by atoms with Gasteiger partial charge in [-0.3, -0.25) is 4.79 Å². The van der Waals surface area contributed by atoms with E-state index >= 15 is 0 Å². The van der Waals surface area contributed by atoms with Crippen molar-refractivity contribution in [2.75, 3.05) is 0 Å². The second-order valence-corrected chi connectivity index (χ2v) is 4.50. The molecule has 2 rings (SSSR count). The monoisotopic (exact) mass is 274 g/mol. The second-order valence-electron chi connectivity index (χ2n) is 4.06. The Hall–Kier alpha value is -2.09. The zero-order valence-electron chi connectivity index (χ0n) is 10.2. The van der Waals surface area contributed by atoms with E-state index in [2.05, 4.69) is 0 Å². The molecule has 0 saturated heterocycles. The number of benzene rings is 1. The lowest BCUT2D eigenvalue weighted by Gasteiger charge is -2.13. The standard InChI is InChI=1S/C14H11ClN2O2/c1-17-13(8-18)12(6-10(7-16)14(17)19)9-3-2-4-11(15)5-9/h2-6,18H,8H2,1H3. The summed E-state index contributed by atoms with van der Waals surface area (Å²) in [6.07, 6.45) is 0. The average molecular weight is 275 g/mol. The van der Waals surface area contributed by atoms with E-state index in [1.54, 1.807) is 18.2 Å². The molecule has 1 aromatic carbocycles. The summed E-state index contributed by atoms with van der Waals surface area (Å²) in [7, 11) is 1.53. The molecule has 0 saturated carbocycles. The minimum absolute atomic E-state index is 0.0367. The molecule has 0 atom stereocenters. The molecule has 1 heterocycles. The highest BCUT2D eigenvalue weighted by Crippen LogP contribution is 2.26. The van der Waals surface area contributed by atoms with E-state index < -0.39 is 5.56 Å². The number of aliphatic hydroxyl groups excluding tert-OH is 1. The van der Waals surface area contributed by atoms with Crippen LogP contribution in [0.2, 0.25) is 5.02 Å². The quantitative estimate of drug-likeness (QED) is 0.912. The fourth-order valence-corrected chi connectivity index (χ4v) is 2.14. The SMILES string of the molecule is Cn1c(CO)c(-c2cccc(Cl)c2)cc(C#N)c1=O. The van der Waals surface area contributed by atoms with Gasteiger partial charge in [-0.1, -0.05) is 23.7 Å².